The van der Waals surface area contributed by atoms with E-state index in [1.807, 2.05) is 24.3 Å². The van der Waals surface area contributed by atoms with Gasteiger partial charge in [0.1, 0.15) is 10.6 Å². The molecule has 2 aromatic rings. The van der Waals surface area contributed by atoms with E-state index in [2.05, 4.69) is 12.2 Å². The number of fused-ring (bicyclic) bond motifs is 1. The second-order valence-electron chi connectivity index (χ2n) is 6.26. The zero-order valence-electron chi connectivity index (χ0n) is 14.0. The van der Waals surface area contributed by atoms with Gasteiger partial charge in [-0.3, -0.25) is 4.79 Å². The van der Waals surface area contributed by atoms with Gasteiger partial charge in [-0.05, 0) is 25.3 Å². The van der Waals surface area contributed by atoms with Crippen LogP contribution in [0, 0.1) is 5.92 Å². The third-order valence-corrected chi connectivity index (χ3v) is 5.58. The standard InChI is InChI=1S/C19H23NO3S/c1-2-3-12-23-19(22)16-14-10-6-7-11-15(14)24-18(16)20-17(21)13-8-4-5-9-13/h6-7,10-11,13H,2-5,8-9,12H2,1H3,(H,20,21). The van der Waals surface area contributed by atoms with E-state index in [9.17, 15) is 9.59 Å². The molecule has 0 spiro atoms. The Labute approximate surface area is 146 Å². The number of unbranched alkanes of at least 4 members (excludes halogenated alkanes) is 1. The number of carbonyl (C=O) groups excluding carboxylic acids is 2. The number of ether oxygens (including phenoxy) is 1. The number of rotatable bonds is 6. The first kappa shape index (κ1) is 17.0. The van der Waals surface area contributed by atoms with E-state index in [1.54, 1.807) is 0 Å². The third kappa shape index (κ3) is 3.61. The van der Waals surface area contributed by atoms with Crippen LogP contribution < -0.4 is 5.32 Å². The smallest absolute Gasteiger partial charge is 0.341 e. The maximum Gasteiger partial charge on any atom is 0.341 e. The molecule has 128 valence electrons. The summed E-state index contributed by atoms with van der Waals surface area (Å²) < 4.78 is 6.39. The molecule has 3 rings (SSSR count). The Kier molecular flexibility index (Phi) is 5.51. The number of carbonyl (C=O) groups is 2. The predicted octanol–water partition coefficient (Wildman–Crippen LogP) is 4.99. The zero-order valence-corrected chi connectivity index (χ0v) is 14.8. The van der Waals surface area contributed by atoms with Gasteiger partial charge in [-0.2, -0.15) is 0 Å². The van der Waals surface area contributed by atoms with Crippen molar-refractivity contribution in [3.05, 3.63) is 29.8 Å². The van der Waals surface area contributed by atoms with E-state index in [4.69, 9.17) is 4.74 Å². The summed E-state index contributed by atoms with van der Waals surface area (Å²) in [5, 5.41) is 4.46. The molecule has 0 unspecified atom stereocenters. The van der Waals surface area contributed by atoms with Crippen LogP contribution in [-0.4, -0.2) is 18.5 Å². The number of nitrogens with one attached hydrogen (secondary N) is 1. The number of anilines is 1. The van der Waals surface area contributed by atoms with Crippen molar-refractivity contribution in [2.24, 2.45) is 5.92 Å². The average Bonchev–Trinajstić information content (AvgIpc) is 3.22. The second-order valence-corrected chi connectivity index (χ2v) is 7.31. The van der Waals surface area contributed by atoms with E-state index >= 15 is 0 Å². The largest absolute Gasteiger partial charge is 0.462 e. The minimum Gasteiger partial charge on any atom is -0.462 e. The van der Waals surface area contributed by atoms with Crippen LogP contribution >= 0.6 is 11.3 Å². The van der Waals surface area contributed by atoms with Gasteiger partial charge in [0.2, 0.25) is 5.91 Å². The molecule has 0 aliphatic heterocycles. The minimum absolute atomic E-state index is 0.0293. The molecule has 0 atom stereocenters. The first-order valence-corrected chi connectivity index (χ1v) is 9.52. The number of esters is 1. The highest BCUT2D eigenvalue weighted by Crippen LogP contribution is 2.37. The first-order valence-electron chi connectivity index (χ1n) is 8.70. The number of benzene rings is 1. The van der Waals surface area contributed by atoms with E-state index < -0.39 is 0 Å². The van der Waals surface area contributed by atoms with Crippen molar-refractivity contribution in [2.75, 3.05) is 11.9 Å². The Balaban J connectivity index is 1.86. The molecular weight excluding hydrogens is 322 g/mol. The zero-order chi connectivity index (χ0) is 16.9. The Morgan fingerprint density at radius 3 is 2.75 bits per heavy atom. The summed E-state index contributed by atoms with van der Waals surface area (Å²) in [7, 11) is 0. The van der Waals surface area contributed by atoms with Crippen LogP contribution in [0.15, 0.2) is 24.3 Å². The number of hydrogen-bond donors (Lipinski definition) is 1. The first-order chi connectivity index (χ1) is 11.7. The van der Waals surface area contributed by atoms with Gasteiger partial charge in [0.25, 0.3) is 0 Å². The third-order valence-electron chi connectivity index (χ3n) is 4.49. The lowest BCUT2D eigenvalue weighted by molar-refractivity contribution is -0.119. The van der Waals surface area contributed by atoms with Crippen LogP contribution in [0.4, 0.5) is 5.00 Å². The number of amides is 1. The molecule has 1 aliphatic rings. The lowest BCUT2D eigenvalue weighted by Gasteiger charge is -2.11. The van der Waals surface area contributed by atoms with Crippen molar-refractivity contribution >= 4 is 38.3 Å². The SMILES string of the molecule is CCCCOC(=O)c1c(NC(=O)C2CCCC2)sc2ccccc12. The minimum atomic E-state index is -0.345. The maximum absolute atomic E-state index is 12.6. The molecule has 1 aliphatic carbocycles. The molecule has 1 N–H and O–H groups in total. The van der Waals surface area contributed by atoms with Crippen LogP contribution in [0.5, 0.6) is 0 Å². The Morgan fingerprint density at radius 2 is 2.00 bits per heavy atom. The molecule has 4 nitrogen and oxygen atoms in total. The lowest BCUT2D eigenvalue weighted by Crippen LogP contribution is -2.21. The van der Waals surface area contributed by atoms with Gasteiger partial charge in [0.15, 0.2) is 0 Å². The second kappa shape index (κ2) is 7.79. The van der Waals surface area contributed by atoms with Crippen molar-refractivity contribution in [3.8, 4) is 0 Å². The normalized spacial score (nSPS) is 14.9. The van der Waals surface area contributed by atoms with Gasteiger partial charge in [0, 0.05) is 16.0 Å². The van der Waals surface area contributed by atoms with Crippen molar-refractivity contribution in [1.29, 1.82) is 0 Å². The summed E-state index contributed by atoms with van der Waals surface area (Å²) >= 11 is 1.45. The topological polar surface area (TPSA) is 55.4 Å². The Morgan fingerprint density at radius 1 is 1.25 bits per heavy atom. The lowest BCUT2D eigenvalue weighted by atomic mass is 10.1. The van der Waals surface area contributed by atoms with Gasteiger partial charge in [-0.25, -0.2) is 4.79 Å². The maximum atomic E-state index is 12.6. The monoisotopic (exact) mass is 345 g/mol. The predicted molar refractivity (Wildman–Crippen MR) is 97.6 cm³/mol. The Bertz CT molecular complexity index is 731. The molecule has 1 aromatic carbocycles. The fourth-order valence-electron chi connectivity index (χ4n) is 3.12. The van der Waals surface area contributed by atoms with Crippen molar-refractivity contribution in [1.82, 2.24) is 0 Å². The van der Waals surface area contributed by atoms with E-state index in [0.29, 0.717) is 17.2 Å². The molecule has 0 saturated heterocycles. The van der Waals surface area contributed by atoms with E-state index in [0.717, 1.165) is 48.6 Å². The summed E-state index contributed by atoms with van der Waals surface area (Å²) in [5.74, 6) is -0.247. The average molecular weight is 345 g/mol. The molecule has 0 bridgehead atoms. The van der Waals surface area contributed by atoms with Gasteiger partial charge < -0.3 is 10.1 Å². The van der Waals surface area contributed by atoms with Crippen molar-refractivity contribution < 1.29 is 14.3 Å². The van der Waals surface area contributed by atoms with Crippen molar-refractivity contribution in [3.63, 3.8) is 0 Å². The van der Waals surface area contributed by atoms with Gasteiger partial charge in [-0.1, -0.05) is 44.4 Å². The molecule has 1 heterocycles. The molecule has 1 fully saturated rings. The fourth-order valence-corrected chi connectivity index (χ4v) is 4.21. The van der Waals surface area contributed by atoms with Gasteiger partial charge in [-0.15, -0.1) is 11.3 Å². The van der Waals surface area contributed by atoms with E-state index in [-0.39, 0.29) is 17.8 Å². The summed E-state index contributed by atoms with van der Waals surface area (Å²) in [6, 6.07) is 7.72. The summed E-state index contributed by atoms with van der Waals surface area (Å²) in [6.07, 6.45) is 5.91. The van der Waals surface area contributed by atoms with Crippen LogP contribution in [0.2, 0.25) is 0 Å². The number of hydrogen-bond acceptors (Lipinski definition) is 4. The van der Waals surface area contributed by atoms with Crippen LogP contribution in [0.3, 0.4) is 0 Å². The molecule has 5 heteroatoms. The van der Waals surface area contributed by atoms with E-state index in [1.165, 1.54) is 11.3 Å². The highest BCUT2D eigenvalue weighted by molar-refractivity contribution is 7.23. The van der Waals surface area contributed by atoms with Crippen LogP contribution in [0.1, 0.15) is 55.8 Å². The van der Waals surface area contributed by atoms with Gasteiger partial charge >= 0.3 is 5.97 Å². The molecule has 0 radical (unpaired) electrons. The number of thiophene rings is 1. The highest BCUT2D eigenvalue weighted by Gasteiger charge is 2.26. The summed E-state index contributed by atoms with van der Waals surface area (Å²) in [4.78, 5) is 25.0. The van der Waals surface area contributed by atoms with Crippen LogP contribution in [-0.2, 0) is 9.53 Å². The quantitative estimate of drug-likeness (QED) is 0.593. The highest BCUT2D eigenvalue weighted by atomic mass is 32.1. The van der Waals surface area contributed by atoms with Crippen molar-refractivity contribution in [2.45, 2.75) is 45.4 Å². The molecule has 24 heavy (non-hydrogen) atoms. The summed E-state index contributed by atoms with van der Waals surface area (Å²) in [5.41, 5.74) is 0.498. The van der Waals surface area contributed by atoms with Gasteiger partial charge in [0.05, 0.1) is 6.61 Å². The molecule has 1 aromatic heterocycles. The molecule has 1 amide bonds. The molecule has 1 saturated carbocycles. The molecular formula is C19H23NO3S. The fraction of sp³-hybridized carbons (Fsp3) is 0.474. The summed E-state index contributed by atoms with van der Waals surface area (Å²) in [6.45, 7) is 2.47. The van der Waals surface area contributed by atoms with Crippen LogP contribution in [0.25, 0.3) is 10.1 Å². The Hall–Kier alpha value is -1.88.